The number of rotatable bonds is 4. The van der Waals surface area contributed by atoms with E-state index in [-0.39, 0.29) is 11.9 Å². The summed E-state index contributed by atoms with van der Waals surface area (Å²) >= 11 is 0. The molecule has 0 aliphatic carbocycles. The zero-order chi connectivity index (χ0) is 16.3. The van der Waals surface area contributed by atoms with Gasteiger partial charge in [-0.2, -0.15) is 0 Å². The summed E-state index contributed by atoms with van der Waals surface area (Å²) in [5, 5.41) is 0. The zero-order valence-corrected chi connectivity index (χ0v) is 13.7. The van der Waals surface area contributed by atoms with Crippen LogP contribution < -0.4 is 0 Å². The highest BCUT2D eigenvalue weighted by molar-refractivity contribution is 5.76. The molecule has 0 radical (unpaired) electrons. The van der Waals surface area contributed by atoms with Crippen molar-refractivity contribution in [1.29, 1.82) is 0 Å². The number of nitrogens with zero attached hydrogens (tertiary/aromatic N) is 3. The van der Waals surface area contributed by atoms with Gasteiger partial charge >= 0.3 is 0 Å². The largest absolute Gasteiger partial charge is 0.367 e. The molecule has 3 rings (SSSR count). The Morgan fingerprint density at radius 3 is 2.87 bits per heavy atom. The second-order valence-corrected chi connectivity index (χ2v) is 6.32. The summed E-state index contributed by atoms with van der Waals surface area (Å²) in [4.78, 5) is 18.6. The van der Waals surface area contributed by atoms with Gasteiger partial charge in [0.15, 0.2) is 0 Å². The van der Waals surface area contributed by atoms with Crippen molar-refractivity contribution in [2.75, 3.05) is 19.7 Å². The molecule has 1 saturated heterocycles. The van der Waals surface area contributed by atoms with Crippen LogP contribution in [0.4, 0.5) is 0 Å². The quantitative estimate of drug-likeness (QED) is 0.872. The fourth-order valence-electron chi connectivity index (χ4n) is 3.07. The lowest BCUT2D eigenvalue weighted by molar-refractivity contribution is -0.150. The third-order valence-corrected chi connectivity index (χ3v) is 4.52. The number of carbonyl (C=O) groups excluding carboxylic acids is 1. The summed E-state index contributed by atoms with van der Waals surface area (Å²) in [6.07, 6.45) is 5.86. The first kappa shape index (κ1) is 15.7. The van der Waals surface area contributed by atoms with Gasteiger partial charge < -0.3 is 14.2 Å². The van der Waals surface area contributed by atoms with Crippen LogP contribution >= 0.6 is 0 Å². The number of morpholine rings is 1. The average Bonchev–Trinajstić information content (AvgIpc) is 3.10. The maximum absolute atomic E-state index is 12.7. The second kappa shape index (κ2) is 6.54. The lowest BCUT2D eigenvalue weighted by Gasteiger charge is -2.41. The lowest BCUT2D eigenvalue weighted by Crippen LogP contribution is -2.50. The van der Waals surface area contributed by atoms with Crippen molar-refractivity contribution < 1.29 is 9.53 Å². The van der Waals surface area contributed by atoms with Gasteiger partial charge in [-0.3, -0.25) is 4.79 Å². The Kier molecular flexibility index (Phi) is 4.48. The Morgan fingerprint density at radius 2 is 2.17 bits per heavy atom. The van der Waals surface area contributed by atoms with Crippen LogP contribution in [0.25, 0.3) is 0 Å². The monoisotopic (exact) mass is 313 g/mol. The molecule has 0 spiro atoms. The molecule has 1 aromatic carbocycles. The van der Waals surface area contributed by atoms with E-state index >= 15 is 0 Å². The van der Waals surface area contributed by atoms with E-state index in [1.54, 1.807) is 12.5 Å². The minimum atomic E-state index is -0.437. The average molecular weight is 313 g/mol. The van der Waals surface area contributed by atoms with Crippen molar-refractivity contribution in [2.24, 2.45) is 0 Å². The highest BCUT2D eigenvalue weighted by Crippen LogP contribution is 2.30. The Labute approximate surface area is 136 Å². The molecule has 1 aliphatic heterocycles. The first-order valence-corrected chi connectivity index (χ1v) is 8.03. The first-order chi connectivity index (χ1) is 11.1. The summed E-state index contributed by atoms with van der Waals surface area (Å²) in [5.74, 6) is 0.164. The molecule has 23 heavy (non-hydrogen) atoms. The molecule has 0 N–H and O–H groups in total. The summed E-state index contributed by atoms with van der Waals surface area (Å²) in [6, 6.07) is 10.2. The number of hydrogen-bond acceptors (Lipinski definition) is 3. The van der Waals surface area contributed by atoms with E-state index in [2.05, 4.69) is 24.0 Å². The van der Waals surface area contributed by atoms with Crippen LogP contribution in [-0.4, -0.2) is 40.1 Å². The Hall–Kier alpha value is -2.14. The van der Waals surface area contributed by atoms with E-state index in [1.807, 2.05) is 40.8 Å². The van der Waals surface area contributed by atoms with Crippen LogP contribution in [0.1, 0.15) is 31.9 Å². The number of ether oxygens (including phenoxy) is 1. The van der Waals surface area contributed by atoms with E-state index in [9.17, 15) is 4.79 Å². The molecule has 2 unspecified atom stereocenters. The lowest BCUT2D eigenvalue weighted by atomic mass is 9.93. The fraction of sp³-hybridized carbons (Fsp3) is 0.444. The molecule has 2 aromatic rings. The molecule has 1 fully saturated rings. The fourth-order valence-corrected chi connectivity index (χ4v) is 3.07. The maximum atomic E-state index is 12.7. The number of hydrogen-bond donors (Lipinski definition) is 0. The molecule has 5 nitrogen and oxygen atoms in total. The topological polar surface area (TPSA) is 47.4 Å². The molecule has 122 valence electrons. The number of imidazole rings is 1. The Balaban J connectivity index is 1.67. The second-order valence-electron chi connectivity index (χ2n) is 6.32. The SMILES string of the molecule is CC(CC(=O)N1CCOC(C)(c2ccccc2)C1)n1ccnc1. The highest BCUT2D eigenvalue weighted by atomic mass is 16.5. The molecule has 1 aliphatic rings. The third kappa shape index (κ3) is 3.45. The number of benzene rings is 1. The van der Waals surface area contributed by atoms with Crippen LogP contribution in [0.15, 0.2) is 49.1 Å². The van der Waals surface area contributed by atoms with Gasteiger partial charge in [0.05, 0.1) is 19.5 Å². The van der Waals surface area contributed by atoms with Crippen molar-refractivity contribution in [3.63, 3.8) is 0 Å². The predicted octanol–water partition coefficient (Wildman–Crippen LogP) is 2.61. The molecule has 2 heterocycles. The van der Waals surface area contributed by atoms with Gasteiger partial charge in [0.2, 0.25) is 5.91 Å². The molecule has 0 saturated carbocycles. The van der Waals surface area contributed by atoms with Crippen LogP contribution in [0, 0.1) is 0 Å². The maximum Gasteiger partial charge on any atom is 0.224 e. The van der Waals surface area contributed by atoms with Crippen molar-refractivity contribution in [1.82, 2.24) is 14.5 Å². The summed E-state index contributed by atoms with van der Waals surface area (Å²) in [5.41, 5.74) is 0.674. The predicted molar refractivity (Wildman–Crippen MR) is 87.9 cm³/mol. The van der Waals surface area contributed by atoms with Crippen LogP contribution in [0.5, 0.6) is 0 Å². The van der Waals surface area contributed by atoms with Gasteiger partial charge in [0, 0.05) is 31.4 Å². The van der Waals surface area contributed by atoms with Crippen molar-refractivity contribution in [2.45, 2.75) is 31.9 Å². The highest BCUT2D eigenvalue weighted by Gasteiger charge is 2.35. The molecular formula is C18H23N3O2. The van der Waals surface area contributed by atoms with Crippen molar-refractivity contribution in [3.05, 3.63) is 54.6 Å². The van der Waals surface area contributed by atoms with Gasteiger partial charge in [-0.05, 0) is 19.4 Å². The number of aromatic nitrogens is 2. The molecule has 0 bridgehead atoms. The van der Waals surface area contributed by atoms with Crippen molar-refractivity contribution in [3.8, 4) is 0 Å². The van der Waals surface area contributed by atoms with E-state index < -0.39 is 5.60 Å². The van der Waals surface area contributed by atoms with Crippen LogP contribution in [0.2, 0.25) is 0 Å². The van der Waals surface area contributed by atoms with Crippen LogP contribution in [-0.2, 0) is 15.1 Å². The van der Waals surface area contributed by atoms with Gasteiger partial charge in [-0.25, -0.2) is 4.98 Å². The molecule has 1 aromatic heterocycles. The summed E-state index contributed by atoms with van der Waals surface area (Å²) < 4.78 is 7.97. The molecule has 1 amide bonds. The Bertz CT molecular complexity index is 642. The van der Waals surface area contributed by atoms with E-state index in [0.717, 1.165) is 5.56 Å². The summed E-state index contributed by atoms with van der Waals surface area (Å²) in [6.45, 7) is 5.90. The minimum absolute atomic E-state index is 0.107. The normalized spacial score (nSPS) is 22.8. The van der Waals surface area contributed by atoms with Crippen molar-refractivity contribution >= 4 is 5.91 Å². The molecule has 5 heteroatoms. The standard InChI is InChI=1S/C18H23N3O2/c1-15(21-9-8-19-14-21)12-17(22)20-10-11-23-18(2,13-20)16-6-4-3-5-7-16/h3-9,14-15H,10-13H2,1-2H3. The van der Waals surface area contributed by atoms with E-state index in [1.165, 1.54) is 0 Å². The third-order valence-electron chi connectivity index (χ3n) is 4.52. The van der Waals surface area contributed by atoms with E-state index in [0.29, 0.717) is 26.1 Å². The zero-order valence-electron chi connectivity index (χ0n) is 13.7. The first-order valence-electron chi connectivity index (χ1n) is 8.03. The molecular weight excluding hydrogens is 290 g/mol. The van der Waals surface area contributed by atoms with Crippen LogP contribution in [0.3, 0.4) is 0 Å². The van der Waals surface area contributed by atoms with Gasteiger partial charge in [0.1, 0.15) is 5.60 Å². The Morgan fingerprint density at radius 1 is 1.39 bits per heavy atom. The smallest absolute Gasteiger partial charge is 0.224 e. The minimum Gasteiger partial charge on any atom is -0.367 e. The number of amides is 1. The van der Waals surface area contributed by atoms with E-state index in [4.69, 9.17) is 4.74 Å². The van der Waals surface area contributed by atoms with Gasteiger partial charge in [0.25, 0.3) is 0 Å². The van der Waals surface area contributed by atoms with Gasteiger partial charge in [-0.15, -0.1) is 0 Å². The summed E-state index contributed by atoms with van der Waals surface area (Å²) in [7, 11) is 0. The number of carbonyl (C=O) groups is 1. The molecule has 2 atom stereocenters. The van der Waals surface area contributed by atoms with Gasteiger partial charge in [-0.1, -0.05) is 30.3 Å².